The maximum atomic E-state index is 11.9. The van der Waals surface area contributed by atoms with Crippen molar-refractivity contribution in [1.82, 2.24) is 5.32 Å². The average Bonchev–Trinajstić information content (AvgIpc) is 2.55. The Morgan fingerprint density at radius 3 is 2.52 bits per heavy atom. The van der Waals surface area contributed by atoms with E-state index in [1.165, 1.54) is 12.1 Å². The lowest BCUT2D eigenvalue weighted by Crippen LogP contribution is -2.31. The van der Waals surface area contributed by atoms with E-state index in [0.29, 0.717) is 5.02 Å². The van der Waals surface area contributed by atoms with Crippen molar-refractivity contribution in [1.29, 1.82) is 0 Å². The first-order valence-corrected chi connectivity index (χ1v) is 7.69. The number of amides is 1. The Labute approximate surface area is 144 Å². The van der Waals surface area contributed by atoms with E-state index in [-0.39, 0.29) is 16.6 Å². The Bertz CT molecular complexity index is 704. The predicted molar refractivity (Wildman–Crippen MR) is 89.7 cm³/mol. The number of carbonyl (C=O) groups is 2. The van der Waals surface area contributed by atoms with Crippen LogP contribution in [0, 0.1) is 0 Å². The first-order chi connectivity index (χ1) is 11.0. The molecular formula is C17H15Cl2NO3. The highest BCUT2D eigenvalue weighted by Gasteiger charge is 2.15. The molecule has 0 heterocycles. The maximum Gasteiger partial charge on any atom is 0.340 e. The molecule has 2 rings (SSSR count). The summed E-state index contributed by atoms with van der Waals surface area (Å²) >= 11 is 11.7. The first-order valence-electron chi connectivity index (χ1n) is 6.94. The zero-order valence-corrected chi connectivity index (χ0v) is 13.9. The lowest BCUT2D eigenvalue weighted by atomic mass is 10.1. The first kappa shape index (κ1) is 17.3. The number of ether oxygens (including phenoxy) is 1. The van der Waals surface area contributed by atoms with Gasteiger partial charge in [0.2, 0.25) is 0 Å². The van der Waals surface area contributed by atoms with Crippen LogP contribution >= 0.6 is 23.2 Å². The Hall–Kier alpha value is -2.04. The van der Waals surface area contributed by atoms with Crippen LogP contribution in [0.1, 0.15) is 28.9 Å². The molecule has 6 heteroatoms. The molecule has 1 amide bonds. The van der Waals surface area contributed by atoms with Gasteiger partial charge in [0.15, 0.2) is 6.61 Å². The van der Waals surface area contributed by atoms with Gasteiger partial charge in [-0.2, -0.15) is 0 Å². The predicted octanol–water partition coefficient (Wildman–Crippen LogP) is 4.03. The highest BCUT2D eigenvalue weighted by Crippen LogP contribution is 2.21. The van der Waals surface area contributed by atoms with Crippen LogP contribution in [0.25, 0.3) is 0 Å². The van der Waals surface area contributed by atoms with Crippen LogP contribution in [0.2, 0.25) is 10.0 Å². The maximum absolute atomic E-state index is 11.9. The quantitative estimate of drug-likeness (QED) is 0.827. The third-order valence-corrected chi connectivity index (χ3v) is 3.72. The number of carbonyl (C=O) groups excluding carboxylic acids is 2. The van der Waals surface area contributed by atoms with Crippen molar-refractivity contribution in [2.24, 2.45) is 0 Å². The molecule has 0 aliphatic carbocycles. The summed E-state index contributed by atoms with van der Waals surface area (Å²) in [6, 6.07) is 13.8. The molecule has 0 saturated heterocycles. The fraction of sp³-hybridized carbons (Fsp3) is 0.176. The second kappa shape index (κ2) is 7.99. The second-order valence-electron chi connectivity index (χ2n) is 4.90. The number of hydrogen-bond donors (Lipinski definition) is 1. The SMILES string of the molecule is CC(NC(=O)COC(=O)c1cc(Cl)ccc1Cl)c1ccccc1. The van der Waals surface area contributed by atoms with Crippen molar-refractivity contribution in [3.63, 3.8) is 0 Å². The molecule has 0 fully saturated rings. The van der Waals surface area contributed by atoms with Gasteiger partial charge in [0.05, 0.1) is 16.6 Å². The van der Waals surface area contributed by atoms with E-state index in [1.54, 1.807) is 6.07 Å². The number of hydrogen-bond acceptors (Lipinski definition) is 3. The van der Waals surface area contributed by atoms with E-state index in [1.807, 2.05) is 37.3 Å². The van der Waals surface area contributed by atoms with Gasteiger partial charge in [-0.25, -0.2) is 4.79 Å². The lowest BCUT2D eigenvalue weighted by molar-refractivity contribution is -0.124. The molecule has 23 heavy (non-hydrogen) atoms. The minimum atomic E-state index is -0.694. The van der Waals surface area contributed by atoms with Crippen molar-refractivity contribution in [3.05, 3.63) is 69.7 Å². The zero-order chi connectivity index (χ0) is 16.8. The molecule has 0 radical (unpaired) electrons. The molecular weight excluding hydrogens is 337 g/mol. The standard InChI is InChI=1S/C17H15Cl2NO3/c1-11(12-5-3-2-4-6-12)20-16(21)10-23-17(22)14-9-13(18)7-8-15(14)19/h2-9,11H,10H2,1H3,(H,20,21). The van der Waals surface area contributed by atoms with Crippen molar-refractivity contribution in [2.75, 3.05) is 6.61 Å². The van der Waals surface area contributed by atoms with Crippen molar-refractivity contribution in [2.45, 2.75) is 13.0 Å². The summed E-state index contributed by atoms with van der Waals surface area (Å²) in [6.07, 6.45) is 0. The molecule has 1 atom stereocenters. The number of halogens is 2. The van der Waals surface area contributed by atoms with E-state index in [9.17, 15) is 9.59 Å². The van der Waals surface area contributed by atoms with Gasteiger partial charge in [0, 0.05) is 5.02 Å². The Kier molecular flexibility index (Phi) is 6.02. The van der Waals surface area contributed by atoms with E-state index < -0.39 is 18.5 Å². The molecule has 2 aromatic carbocycles. The summed E-state index contributed by atoms with van der Waals surface area (Å²) in [5.41, 5.74) is 1.09. The van der Waals surface area contributed by atoms with E-state index in [2.05, 4.69) is 5.32 Å². The van der Waals surface area contributed by atoms with Crippen molar-refractivity contribution < 1.29 is 14.3 Å². The van der Waals surface area contributed by atoms with Gasteiger partial charge in [-0.1, -0.05) is 53.5 Å². The number of benzene rings is 2. The van der Waals surface area contributed by atoms with Gasteiger partial charge >= 0.3 is 5.97 Å². The Morgan fingerprint density at radius 1 is 1.13 bits per heavy atom. The molecule has 1 N–H and O–H groups in total. The number of esters is 1. The van der Waals surface area contributed by atoms with Crippen LogP contribution in [-0.2, 0) is 9.53 Å². The molecule has 0 saturated carbocycles. The van der Waals surface area contributed by atoms with Gasteiger partial charge in [-0.15, -0.1) is 0 Å². The molecule has 0 aromatic heterocycles. The highest BCUT2D eigenvalue weighted by molar-refractivity contribution is 6.35. The van der Waals surface area contributed by atoms with Gasteiger partial charge < -0.3 is 10.1 Å². The van der Waals surface area contributed by atoms with E-state index in [4.69, 9.17) is 27.9 Å². The molecule has 0 aliphatic heterocycles. The highest BCUT2D eigenvalue weighted by atomic mass is 35.5. The summed E-state index contributed by atoms with van der Waals surface area (Å²) in [4.78, 5) is 23.8. The van der Waals surface area contributed by atoms with E-state index in [0.717, 1.165) is 5.56 Å². The van der Waals surface area contributed by atoms with Gasteiger partial charge in [0.1, 0.15) is 0 Å². The van der Waals surface area contributed by atoms with Crippen LogP contribution < -0.4 is 5.32 Å². The van der Waals surface area contributed by atoms with Crippen molar-refractivity contribution >= 4 is 35.1 Å². The summed E-state index contributed by atoms with van der Waals surface area (Å²) in [5.74, 6) is -1.09. The summed E-state index contributed by atoms with van der Waals surface area (Å²) in [7, 11) is 0. The Balaban J connectivity index is 1.89. The largest absolute Gasteiger partial charge is 0.452 e. The minimum Gasteiger partial charge on any atom is -0.452 e. The molecule has 1 unspecified atom stereocenters. The lowest BCUT2D eigenvalue weighted by Gasteiger charge is -2.14. The van der Waals surface area contributed by atoms with Crippen LogP contribution in [0.5, 0.6) is 0 Å². The second-order valence-corrected chi connectivity index (χ2v) is 5.74. The van der Waals surface area contributed by atoms with Gasteiger partial charge in [-0.3, -0.25) is 4.79 Å². The topological polar surface area (TPSA) is 55.4 Å². The van der Waals surface area contributed by atoms with Gasteiger partial charge in [0.25, 0.3) is 5.91 Å². The fourth-order valence-electron chi connectivity index (χ4n) is 1.97. The molecule has 2 aromatic rings. The third-order valence-electron chi connectivity index (χ3n) is 3.16. The summed E-state index contributed by atoms with van der Waals surface area (Å²) in [6.45, 7) is 1.46. The molecule has 0 aliphatic rings. The van der Waals surface area contributed by atoms with Gasteiger partial charge in [-0.05, 0) is 30.7 Å². The third kappa shape index (κ3) is 4.98. The van der Waals surface area contributed by atoms with Crippen LogP contribution in [0.4, 0.5) is 0 Å². The molecule has 4 nitrogen and oxygen atoms in total. The van der Waals surface area contributed by atoms with Crippen molar-refractivity contribution in [3.8, 4) is 0 Å². The molecule has 0 spiro atoms. The molecule has 0 bridgehead atoms. The average molecular weight is 352 g/mol. The zero-order valence-electron chi connectivity index (χ0n) is 12.4. The van der Waals surface area contributed by atoms with E-state index >= 15 is 0 Å². The van der Waals surface area contributed by atoms with Crippen LogP contribution in [0.15, 0.2) is 48.5 Å². The molecule has 120 valence electrons. The summed E-state index contributed by atoms with van der Waals surface area (Å²) in [5, 5.41) is 3.34. The van der Waals surface area contributed by atoms with Crippen LogP contribution in [0.3, 0.4) is 0 Å². The summed E-state index contributed by atoms with van der Waals surface area (Å²) < 4.78 is 4.97. The Morgan fingerprint density at radius 2 is 1.83 bits per heavy atom. The monoisotopic (exact) mass is 351 g/mol. The minimum absolute atomic E-state index is 0.128. The normalized spacial score (nSPS) is 11.6. The smallest absolute Gasteiger partial charge is 0.340 e. The van der Waals surface area contributed by atoms with Crippen LogP contribution in [-0.4, -0.2) is 18.5 Å². The number of nitrogens with one attached hydrogen (secondary N) is 1. The fourth-order valence-corrected chi connectivity index (χ4v) is 2.34. The number of rotatable bonds is 5.